The number of hydrogen-bond donors (Lipinski definition) is 2. The second kappa shape index (κ2) is 12.3. The molecule has 6 nitrogen and oxygen atoms in total. The molecule has 0 aromatic heterocycles. The molecule has 2 aromatic carbocycles. The molecule has 0 aliphatic carbocycles. The van der Waals surface area contributed by atoms with Crippen molar-refractivity contribution in [3.8, 4) is 11.5 Å². The Morgan fingerprint density at radius 2 is 1.21 bits per heavy atom. The molecule has 29 heavy (non-hydrogen) atoms. The number of hydrogen-bond acceptors (Lipinski definition) is 4. The molecule has 2 aromatic rings. The number of benzene rings is 2. The van der Waals surface area contributed by atoms with Crippen LogP contribution in [0.25, 0.3) is 0 Å². The molecule has 156 valence electrons. The highest BCUT2D eigenvalue weighted by Crippen LogP contribution is 2.28. The molecule has 2 rings (SSSR count). The van der Waals surface area contributed by atoms with Crippen LogP contribution in [-0.2, 0) is 9.59 Å². The van der Waals surface area contributed by atoms with E-state index in [4.69, 9.17) is 32.7 Å². The van der Waals surface area contributed by atoms with Gasteiger partial charge in [-0.25, -0.2) is 0 Å². The molecule has 0 aliphatic rings. The average molecular weight is 569 g/mol. The van der Waals surface area contributed by atoms with Crippen molar-refractivity contribution in [2.45, 2.75) is 6.42 Å². The van der Waals surface area contributed by atoms with E-state index in [-0.39, 0.29) is 25.0 Å². The van der Waals surface area contributed by atoms with Crippen molar-refractivity contribution in [3.63, 3.8) is 0 Å². The average Bonchev–Trinajstić information content (AvgIpc) is 2.66. The molecule has 0 atom stereocenters. The van der Waals surface area contributed by atoms with E-state index in [1.807, 2.05) is 0 Å². The van der Waals surface area contributed by atoms with Crippen LogP contribution in [-0.4, -0.2) is 38.1 Å². The van der Waals surface area contributed by atoms with Gasteiger partial charge in [-0.1, -0.05) is 55.1 Å². The molecule has 0 aliphatic heterocycles. The summed E-state index contributed by atoms with van der Waals surface area (Å²) in [6.45, 7) is 0.511. The monoisotopic (exact) mass is 566 g/mol. The van der Waals surface area contributed by atoms with E-state index in [9.17, 15) is 9.59 Å². The zero-order valence-corrected chi connectivity index (χ0v) is 19.8. The summed E-state index contributed by atoms with van der Waals surface area (Å²) in [5.41, 5.74) is 0. The van der Waals surface area contributed by atoms with Gasteiger partial charge in [0.05, 0.1) is 10.0 Å². The van der Waals surface area contributed by atoms with E-state index in [1.165, 1.54) is 0 Å². The van der Waals surface area contributed by atoms with Gasteiger partial charge in [0.2, 0.25) is 0 Å². The molecule has 2 amide bonds. The third-order valence-corrected chi connectivity index (χ3v) is 5.08. The Kier molecular flexibility index (Phi) is 10.1. The first-order valence-electron chi connectivity index (χ1n) is 8.54. The molecule has 2 N–H and O–H groups in total. The quantitative estimate of drug-likeness (QED) is 0.411. The van der Waals surface area contributed by atoms with E-state index in [1.54, 1.807) is 36.4 Å². The summed E-state index contributed by atoms with van der Waals surface area (Å²) in [4.78, 5) is 23.6. The van der Waals surface area contributed by atoms with Gasteiger partial charge < -0.3 is 20.1 Å². The molecule has 0 spiro atoms. The number of carbonyl (C=O) groups is 2. The zero-order valence-electron chi connectivity index (χ0n) is 15.1. The standard InChI is InChI=1S/C19H18Br2Cl2N2O4/c20-12-2-4-16(14(22)8-12)28-10-18(26)24-6-1-7-25-19(27)11-29-17-5-3-13(21)9-15(17)23/h2-5,8-9H,1,6-7,10-11H2,(H,24,26)(H,25,27). The molecular weight excluding hydrogens is 551 g/mol. The number of nitrogens with one attached hydrogen (secondary N) is 2. The summed E-state index contributed by atoms with van der Waals surface area (Å²) >= 11 is 18.6. The van der Waals surface area contributed by atoms with Crippen molar-refractivity contribution >= 4 is 66.9 Å². The molecule has 10 heteroatoms. The van der Waals surface area contributed by atoms with Crippen molar-refractivity contribution in [1.82, 2.24) is 10.6 Å². The van der Waals surface area contributed by atoms with Crippen molar-refractivity contribution in [3.05, 3.63) is 55.4 Å². The Morgan fingerprint density at radius 3 is 1.59 bits per heavy atom. The summed E-state index contributed by atoms with van der Waals surface area (Å²) in [6, 6.07) is 10.3. The lowest BCUT2D eigenvalue weighted by Crippen LogP contribution is -2.34. The Labute approximate surface area is 195 Å². The van der Waals surface area contributed by atoms with Gasteiger partial charge in [0.25, 0.3) is 11.8 Å². The Morgan fingerprint density at radius 1 is 0.793 bits per heavy atom. The van der Waals surface area contributed by atoms with Gasteiger partial charge in [-0.2, -0.15) is 0 Å². The maximum absolute atomic E-state index is 11.8. The second-order valence-corrected chi connectivity index (χ2v) is 8.43. The van der Waals surface area contributed by atoms with Gasteiger partial charge in [-0.15, -0.1) is 0 Å². The van der Waals surface area contributed by atoms with Gasteiger partial charge in [0.1, 0.15) is 11.5 Å². The minimum Gasteiger partial charge on any atom is -0.482 e. The van der Waals surface area contributed by atoms with Crippen molar-refractivity contribution < 1.29 is 19.1 Å². The molecule has 0 heterocycles. The number of rotatable bonds is 10. The zero-order chi connectivity index (χ0) is 21.2. The van der Waals surface area contributed by atoms with Crippen LogP contribution in [0.2, 0.25) is 10.0 Å². The lowest BCUT2D eigenvalue weighted by Gasteiger charge is -2.10. The lowest BCUT2D eigenvalue weighted by atomic mass is 10.3. The fourth-order valence-corrected chi connectivity index (χ4v) is 3.57. The van der Waals surface area contributed by atoms with Crippen molar-refractivity contribution in [2.75, 3.05) is 26.3 Å². The van der Waals surface area contributed by atoms with Crippen LogP contribution >= 0.6 is 55.1 Å². The first kappa shape index (κ1) is 23.8. The fraction of sp³-hybridized carbons (Fsp3) is 0.263. The summed E-state index contributed by atoms with van der Waals surface area (Å²) in [5, 5.41) is 6.25. The summed E-state index contributed by atoms with van der Waals surface area (Å²) < 4.78 is 12.4. The molecule has 0 unspecified atom stereocenters. The van der Waals surface area contributed by atoms with Crippen LogP contribution in [0, 0.1) is 0 Å². The van der Waals surface area contributed by atoms with E-state index in [2.05, 4.69) is 42.5 Å². The number of carbonyl (C=O) groups excluding carboxylic acids is 2. The molecule has 0 fully saturated rings. The molecule has 0 saturated heterocycles. The number of amides is 2. The van der Waals surface area contributed by atoms with Gasteiger partial charge in [0.15, 0.2) is 13.2 Å². The molecular formula is C19H18Br2Cl2N2O4. The van der Waals surface area contributed by atoms with Crippen LogP contribution in [0.4, 0.5) is 0 Å². The Hall–Kier alpha value is -1.48. The SMILES string of the molecule is O=C(COc1ccc(Br)cc1Cl)NCCCNC(=O)COc1ccc(Br)cc1Cl. The largest absolute Gasteiger partial charge is 0.482 e. The van der Waals surface area contributed by atoms with E-state index >= 15 is 0 Å². The molecule has 0 radical (unpaired) electrons. The summed E-state index contributed by atoms with van der Waals surface area (Å²) in [6.07, 6.45) is 0.565. The summed E-state index contributed by atoms with van der Waals surface area (Å²) in [7, 11) is 0. The predicted octanol–water partition coefficient (Wildman–Crippen LogP) is 4.60. The molecule has 0 saturated carbocycles. The third-order valence-electron chi connectivity index (χ3n) is 3.50. The predicted molar refractivity (Wildman–Crippen MR) is 120 cm³/mol. The normalized spacial score (nSPS) is 10.3. The molecule has 0 bridgehead atoms. The first-order valence-corrected chi connectivity index (χ1v) is 10.9. The van der Waals surface area contributed by atoms with Crippen LogP contribution in [0.5, 0.6) is 11.5 Å². The topological polar surface area (TPSA) is 76.7 Å². The van der Waals surface area contributed by atoms with Gasteiger partial charge >= 0.3 is 0 Å². The van der Waals surface area contributed by atoms with Crippen molar-refractivity contribution in [2.24, 2.45) is 0 Å². The minimum absolute atomic E-state index is 0.143. The smallest absolute Gasteiger partial charge is 0.257 e. The third kappa shape index (κ3) is 8.82. The van der Waals surface area contributed by atoms with Crippen LogP contribution < -0.4 is 20.1 Å². The Bertz CT molecular complexity index is 799. The van der Waals surface area contributed by atoms with Crippen LogP contribution in [0.1, 0.15) is 6.42 Å². The van der Waals surface area contributed by atoms with Crippen molar-refractivity contribution in [1.29, 1.82) is 0 Å². The number of halogens is 4. The maximum Gasteiger partial charge on any atom is 0.257 e. The second-order valence-electron chi connectivity index (χ2n) is 5.78. The fourth-order valence-electron chi connectivity index (χ4n) is 2.12. The van der Waals surface area contributed by atoms with Gasteiger partial charge in [0, 0.05) is 22.0 Å². The van der Waals surface area contributed by atoms with Gasteiger partial charge in [-0.3, -0.25) is 9.59 Å². The number of ether oxygens (including phenoxy) is 2. The minimum atomic E-state index is -0.275. The van der Waals surface area contributed by atoms with Crippen LogP contribution in [0.15, 0.2) is 45.3 Å². The van der Waals surface area contributed by atoms with Gasteiger partial charge in [-0.05, 0) is 42.8 Å². The Balaban J connectivity index is 1.56. The highest BCUT2D eigenvalue weighted by atomic mass is 79.9. The van der Waals surface area contributed by atoms with Crippen LogP contribution in [0.3, 0.4) is 0 Å². The lowest BCUT2D eigenvalue weighted by molar-refractivity contribution is -0.123. The summed E-state index contributed by atoms with van der Waals surface area (Å²) in [5.74, 6) is 0.318. The van der Waals surface area contributed by atoms with E-state index in [0.717, 1.165) is 8.95 Å². The highest BCUT2D eigenvalue weighted by Gasteiger charge is 2.08. The highest BCUT2D eigenvalue weighted by molar-refractivity contribution is 9.10. The maximum atomic E-state index is 11.8. The van der Waals surface area contributed by atoms with E-state index < -0.39 is 0 Å². The van der Waals surface area contributed by atoms with E-state index in [0.29, 0.717) is 41.1 Å². The first-order chi connectivity index (χ1) is 13.8.